The van der Waals surface area contributed by atoms with Crippen LogP contribution in [0.3, 0.4) is 0 Å². The number of piperidine rings is 1. The molecule has 2 atom stereocenters. The van der Waals surface area contributed by atoms with Gasteiger partial charge in [-0.2, -0.15) is 9.57 Å². The van der Waals surface area contributed by atoms with Crippen LogP contribution in [0.25, 0.3) is 0 Å². The smallest absolute Gasteiger partial charge is 0.243 e. The van der Waals surface area contributed by atoms with E-state index >= 15 is 0 Å². The highest BCUT2D eigenvalue weighted by Gasteiger charge is 2.32. The fourth-order valence-corrected chi connectivity index (χ4v) is 4.49. The summed E-state index contributed by atoms with van der Waals surface area (Å²) in [6, 6.07) is 6.75. The third-order valence-electron chi connectivity index (χ3n) is 4.10. The minimum Gasteiger partial charge on any atom is -0.328 e. The van der Waals surface area contributed by atoms with Crippen LogP contribution in [0, 0.1) is 24.2 Å². The number of aryl methyl sites for hydroxylation is 1. The van der Waals surface area contributed by atoms with E-state index in [0.29, 0.717) is 24.2 Å². The van der Waals surface area contributed by atoms with Crippen molar-refractivity contribution in [3.05, 3.63) is 29.3 Å². The molecule has 5 nitrogen and oxygen atoms in total. The first-order valence-electron chi connectivity index (χ1n) is 7.12. The van der Waals surface area contributed by atoms with E-state index in [1.165, 1.54) is 10.4 Å². The van der Waals surface area contributed by atoms with E-state index in [0.717, 1.165) is 12.8 Å². The molecular weight excluding hydrogens is 286 g/mol. The van der Waals surface area contributed by atoms with Gasteiger partial charge in [0.2, 0.25) is 10.0 Å². The summed E-state index contributed by atoms with van der Waals surface area (Å²) in [6.45, 7) is 4.64. The number of nitrogens with zero attached hydrogens (tertiary/aromatic N) is 2. The Hall–Kier alpha value is -1.42. The maximum atomic E-state index is 12.8. The van der Waals surface area contributed by atoms with Gasteiger partial charge in [0.05, 0.1) is 16.5 Å². The quantitative estimate of drug-likeness (QED) is 0.919. The Kier molecular flexibility index (Phi) is 4.67. The molecule has 21 heavy (non-hydrogen) atoms. The summed E-state index contributed by atoms with van der Waals surface area (Å²) >= 11 is 0. The van der Waals surface area contributed by atoms with Crippen LogP contribution in [0.1, 0.15) is 30.9 Å². The van der Waals surface area contributed by atoms with Gasteiger partial charge >= 0.3 is 0 Å². The molecule has 0 radical (unpaired) electrons. The van der Waals surface area contributed by atoms with Crippen molar-refractivity contribution in [2.75, 3.05) is 13.1 Å². The number of rotatable bonds is 3. The van der Waals surface area contributed by atoms with Crippen molar-refractivity contribution in [1.29, 1.82) is 5.26 Å². The lowest BCUT2D eigenvalue weighted by atomic mass is 9.93. The van der Waals surface area contributed by atoms with Crippen LogP contribution >= 0.6 is 0 Å². The predicted molar refractivity (Wildman–Crippen MR) is 81.0 cm³/mol. The second-order valence-corrected chi connectivity index (χ2v) is 7.62. The molecule has 6 heteroatoms. The molecule has 1 fully saturated rings. The van der Waals surface area contributed by atoms with Crippen molar-refractivity contribution >= 4 is 10.0 Å². The average Bonchev–Trinajstić information content (AvgIpc) is 2.47. The van der Waals surface area contributed by atoms with Gasteiger partial charge in [0.1, 0.15) is 0 Å². The fraction of sp³-hybridized carbons (Fsp3) is 0.533. The first-order valence-corrected chi connectivity index (χ1v) is 8.56. The number of hydrogen-bond acceptors (Lipinski definition) is 4. The van der Waals surface area contributed by atoms with Crippen LogP contribution in [0.15, 0.2) is 23.1 Å². The zero-order valence-electron chi connectivity index (χ0n) is 12.4. The Balaban J connectivity index is 2.36. The molecule has 0 bridgehead atoms. The molecule has 0 spiro atoms. The van der Waals surface area contributed by atoms with E-state index in [2.05, 4.69) is 0 Å². The molecule has 2 N–H and O–H groups in total. The molecule has 1 aliphatic heterocycles. The van der Waals surface area contributed by atoms with Crippen LogP contribution in [-0.2, 0) is 10.0 Å². The lowest BCUT2D eigenvalue weighted by Gasteiger charge is -2.34. The first-order chi connectivity index (χ1) is 9.86. The highest BCUT2D eigenvalue weighted by Crippen LogP contribution is 2.27. The topological polar surface area (TPSA) is 87.2 Å². The number of sulfonamides is 1. The van der Waals surface area contributed by atoms with Gasteiger partial charge in [-0.15, -0.1) is 0 Å². The van der Waals surface area contributed by atoms with Crippen LogP contribution in [0.2, 0.25) is 0 Å². The Morgan fingerprint density at radius 3 is 2.81 bits per heavy atom. The van der Waals surface area contributed by atoms with Crippen LogP contribution in [0.4, 0.5) is 0 Å². The second-order valence-electron chi connectivity index (χ2n) is 5.72. The summed E-state index contributed by atoms with van der Waals surface area (Å²) in [5, 5.41) is 8.97. The van der Waals surface area contributed by atoms with Crippen molar-refractivity contribution in [3.8, 4) is 6.07 Å². The van der Waals surface area contributed by atoms with Crippen LogP contribution in [-0.4, -0.2) is 31.9 Å². The summed E-state index contributed by atoms with van der Waals surface area (Å²) in [5.74, 6) is 0.188. The highest BCUT2D eigenvalue weighted by atomic mass is 32.2. The summed E-state index contributed by atoms with van der Waals surface area (Å²) in [5.41, 5.74) is 6.95. The molecule has 1 heterocycles. The van der Waals surface area contributed by atoms with Crippen molar-refractivity contribution in [2.24, 2.45) is 11.7 Å². The van der Waals surface area contributed by atoms with Gasteiger partial charge in [-0.3, -0.25) is 0 Å². The molecular formula is C15H21N3O2S. The predicted octanol–water partition coefficient (Wildman–Crippen LogP) is 1.61. The molecule has 0 amide bonds. The highest BCUT2D eigenvalue weighted by molar-refractivity contribution is 7.89. The zero-order chi connectivity index (χ0) is 15.6. The monoisotopic (exact) mass is 307 g/mol. The van der Waals surface area contributed by atoms with Gasteiger partial charge in [-0.25, -0.2) is 8.42 Å². The summed E-state index contributed by atoms with van der Waals surface area (Å²) < 4.78 is 27.1. The lowest BCUT2D eigenvalue weighted by molar-refractivity contribution is 0.243. The van der Waals surface area contributed by atoms with Gasteiger partial charge in [0, 0.05) is 19.1 Å². The van der Waals surface area contributed by atoms with Gasteiger partial charge in [0.15, 0.2) is 0 Å². The Bertz CT molecular complexity index is 662. The zero-order valence-corrected chi connectivity index (χ0v) is 13.2. The Morgan fingerprint density at radius 1 is 1.48 bits per heavy atom. The van der Waals surface area contributed by atoms with E-state index in [9.17, 15) is 8.42 Å². The normalized spacial score (nSPS) is 21.7. The summed E-state index contributed by atoms with van der Waals surface area (Å²) in [6.07, 6.45) is 1.78. The van der Waals surface area contributed by atoms with Gasteiger partial charge in [0.25, 0.3) is 0 Å². The summed E-state index contributed by atoms with van der Waals surface area (Å²) in [4.78, 5) is 0.229. The average molecular weight is 307 g/mol. The third-order valence-corrected chi connectivity index (χ3v) is 6.11. The van der Waals surface area contributed by atoms with Gasteiger partial charge < -0.3 is 5.73 Å². The molecule has 2 rings (SSSR count). The molecule has 0 saturated carbocycles. The minimum absolute atomic E-state index is 0.0189. The second kappa shape index (κ2) is 6.14. The lowest BCUT2D eigenvalue weighted by Crippen LogP contribution is -2.45. The number of hydrogen-bond donors (Lipinski definition) is 1. The molecule has 114 valence electrons. The molecule has 1 aromatic carbocycles. The molecule has 1 aromatic rings. The van der Waals surface area contributed by atoms with Crippen molar-refractivity contribution in [3.63, 3.8) is 0 Å². The third kappa shape index (κ3) is 3.26. The molecule has 0 unspecified atom stereocenters. The number of nitrogens with two attached hydrogens (primary N) is 1. The molecule has 1 aliphatic rings. The maximum Gasteiger partial charge on any atom is 0.243 e. The summed E-state index contributed by atoms with van der Waals surface area (Å²) in [7, 11) is -3.57. The SMILES string of the molecule is Cc1ccc(C#N)cc1S(=O)(=O)N1CCC[C@@H]([C@@H](C)N)C1. The Morgan fingerprint density at radius 2 is 2.19 bits per heavy atom. The largest absolute Gasteiger partial charge is 0.328 e. The maximum absolute atomic E-state index is 12.8. The van der Waals surface area contributed by atoms with E-state index in [4.69, 9.17) is 11.0 Å². The standard InChI is InChI=1S/C15H21N3O2S/c1-11-5-6-13(9-16)8-15(11)21(19,20)18-7-3-4-14(10-18)12(2)17/h5-6,8,12,14H,3-4,7,10,17H2,1-2H3/t12-,14-/m1/s1. The number of nitriles is 1. The van der Waals surface area contributed by atoms with Crippen LogP contribution < -0.4 is 5.73 Å². The van der Waals surface area contributed by atoms with Crippen molar-refractivity contribution < 1.29 is 8.42 Å². The van der Waals surface area contributed by atoms with E-state index in [1.807, 2.05) is 13.0 Å². The van der Waals surface area contributed by atoms with E-state index in [1.54, 1.807) is 19.1 Å². The molecule has 1 saturated heterocycles. The fourth-order valence-electron chi connectivity index (χ4n) is 2.71. The molecule has 0 aliphatic carbocycles. The van der Waals surface area contributed by atoms with Gasteiger partial charge in [-0.05, 0) is 50.3 Å². The van der Waals surface area contributed by atoms with E-state index < -0.39 is 10.0 Å². The van der Waals surface area contributed by atoms with E-state index in [-0.39, 0.29) is 16.9 Å². The minimum atomic E-state index is -3.57. The van der Waals surface area contributed by atoms with Crippen molar-refractivity contribution in [1.82, 2.24) is 4.31 Å². The Labute approximate surface area is 126 Å². The van der Waals surface area contributed by atoms with Crippen LogP contribution in [0.5, 0.6) is 0 Å². The van der Waals surface area contributed by atoms with Gasteiger partial charge in [-0.1, -0.05) is 6.07 Å². The van der Waals surface area contributed by atoms with Crippen molar-refractivity contribution in [2.45, 2.75) is 37.6 Å². The molecule has 0 aromatic heterocycles. The first kappa shape index (κ1) is 16.0. The number of benzene rings is 1.